The van der Waals surface area contributed by atoms with Crippen LogP contribution in [-0.4, -0.2) is 45.0 Å². The highest BCUT2D eigenvalue weighted by Gasteiger charge is 2.19. The van der Waals surface area contributed by atoms with Gasteiger partial charge in [-0.25, -0.2) is 29.0 Å². The van der Waals surface area contributed by atoms with Crippen LogP contribution in [0, 0.1) is 0 Å². The zero-order valence-electron chi connectivity index (χ0n) is 6.75. The van der Waals surface area contributed by atoms with Gasteiger partial charge in [-0.05, 0) is 0 Å². The van der Waals surface area contributed by atoms with E-state index in [4.69, 9.17) is 10.2 Å². The summed E-state index contributed by atoms with van der Waals surface area (Å²) in [6.45, 7) is 0. The topological polar surface area (TPSA) is 199 Å². The zero-order valence-corrected chi connectivity index (χ0v) is 6.75. The average Bonchev–Trinajstić information content (AvgIpc) is 2.03. The summed E-state index contributed by atoms with van der Waals surface area (Å²) in [5, 5.41) is 18.9. The quantitative estimate of drug-likeness (QED) is 0.273. The first-order valence-corrected chi connectivity index (χ1v) is 2.51. The molecule has 0 aliphatic heterocycles. The molecule has 0 spiro atoms. The van der Waals surface area contributed by atoms with Gasteiger partial charge in [0.25, 0.3) is 0 Å². The fourth-order valence-electron chi connectivity index (χ4n) is 0.150. The SMILES string of the molecule is O.O.O=C(O)C(=O)OOOC(=O)C(=O)O. The summed E-state index contributed by atoms with van der Waals surface area (Å²) in [7, 11) is 0. The number of carbonyl (C=O) groups excluding carboxylic acids is 2. The molecule has 0 fully saturated rings. The van der Waals surface area contributed by atoms with Crippen LogP contribution in [0.1, 0.15) is 0 Å². The van der Waals surface area contributed by atoms with Crippen LogP contribution in [0.3, 0.4) is 0 Å². The number of carboxylic acids is 2. The Labute approximate surface area is 80.2 Å². The molecule has 0 amide bonds. The molecule has 6 N–H and O–H groups in total. The lowest BCUT2D eigenvalue weighted by atomic mass is 10.7. The van der Waals surface area contributed by atoms with E-state index in [1.165, 1.54) is 0 Å². The Morgan fingerprint density at radius 1 is 0.733 bits per heavy atom. The lowest BCUT2D eigenvalue weighted by Crippen LogP contribution is -2.21. The molecule has 0 unspecified atom stereocenters. The number of hydrogen-bond donors (Lipinski definition) is 2. The third-order valence-corrected chi connectivity index (χ3v) is 0.569. The van der Waals surface area contributed by atoms with Crippen molar-refractivity contribution >= 4 is 23.9 Å². The largest absolute Gasteiger partial charge is 0.473 e. The van der Waals surface area contributed by atoms with Crippen LogP contribution in [0.5, 0.6) is 0 Å². The second kappa shape index (κ2) is 8.36. The molecule has 0 radical (unpaired) electrons. The van der Waals surface area contributed by atoms with E-state index >= 15 is 0 Å². The third-order valence-electron chi connectivity index (χ3n) is 0.569. The summed E-state index contributed by atoms with van der Waals surface area (Å²) in [5.41, 5.74) is 0. The molecule has 0 heterocycles. The van der Waals surface area contributed by atoms with Crippen LogP contribution < -0.4 is 0 Å². The van der Waals surface area contributed by atoms with Gasteiger partial charge in [-0.3, -0.25) is 0 Å². The summed E-state index contributed by atoms with van der Waals surface area (Å²) in [6.07, 6.45) is 0. The lowest BCUT2D eigenvalue weighted by Gasteiger charge is -1.95. The van der Waals surface area contributed by atoms with Gasteiger partial charge in [0.15, 0.2) is 0 Å². The van der Waals surface area contributed by atoms with Crippen molar-refractivity contribution in [1.82, 2.24) is 0 Å². The van der Waals surface area contributed by atoms with E-state index in [9.17, 15) is 19.2 Å². The molecule has 11 heteroatoms. The first kappa shape index (κ1) is 18.5. The van der Waals surface area contributed by atoms with Gasteiger partial charge in [0.2, 0.25) is 0 Å². The number of carbonyl (C=O) groups is 4. The van der Waals surface area contributed by atoms with E-state index in [0.717, 1.165) is 0 Å². The molecule has 15 heavy (non-hydrogen) atoms. The van der Waals surface area contributed by atoms with Crippen LogP contribution in [0.4, 0.5) is 0 Å². The van der Waals surface area contributed by atoms with E-state index in [2.05, 4.69) is 14.8 Å². The normalized spacial score (nSPS) is 7.47. The molecule has 0 atom stereocenters. The first-order chi connectivity index (χ1) is 5.95. The predicted molar refractivity (Wildman–Crippen MR) is 35.8 cm³/mol. The Kier molecular flexibility index (Phi) is 10.3. The average molecular weight is 230 g/mol. The monoisotopic (exact) mass is 230 g/mol. The Balaban J connectivity index is -0.000000720. The molecule has 0 rings (SSSR count). The van der Waals surface area contributed by atoms with Crippen LogP contribution in [-0.2, 0) is 34.0 Å². The van der Waals surface area contributed by atoms with Gasteiger partial charge >= 0.3 is 23.9 Å². The highest BCUT2D eigenvalue weighted by molar-refractivity contribution is 6.29. The number of rotatable bonds is 2. The summed E-state index contributed by atoms with van der Waals surface area (Å²) < 4.78 is 0. The van der Waals surface area contributed by atoms with Crippen molar-refractivity contribution in [2.24, 2.45) is 0 Å². The maximum atomic E-state index is 10.0. The van der Waals surface area contributed by atoms with Gasteiger partial charge < -0.3 is 21.2 Å². The minimum absolute atomic E-state index is 0. The maximum Gasteiger partial charge on any atom is 0.453 e. The Morgan fingerprint density at radius 3 is 1.20 bits per heavy atom. The summed E-state index contributed by atoms with van der Waals surface area (Å²) in [6, 6.07) is 0. The molecule has 0 aromatic carbocycles. The van der Waals surface area contributed by atoms with Crippen molar-refractivity contribution in [3.05, 3.63) is 0 Å². The number of aliphatic carboxylic acids is 2. The van der Waals surface area contributed by atoms with E-state index in [-0.39, 0.29) is 11.0 Å². The van der Waals surface area contributed by atoms with Crippen LogP contribution in [0.2, 0.25) is 0 Å². The minimum atomic E-state index is -1.99. The zero-order chi connectivity index (χ0) is 10.4. The molecule has 0 saturated heterocycles. The van der Waals surface area contributed by atoms with Crippen molar-refractivity contribution in [3.8, 4) is 0 Å². The number of hydrogen-bond acceptors (Lipinski definition) is 7. The van der Waals surface area contributed by atoms with Gasteiger partial charge in [0, 0.05) is 5.04 Å². The second-order valence-corrected chi connectivity index (χ2v) is 1.42. The van der Waals surface area contributed by atoms with Crippen molar-refractivity contribution < 1.29 is 55.2 Å². The van der Waals surface area contributed by atoms with Crippen molar-refractivity contribution in [1.29, 1.82) is 0 Å². The van der Waals surface area contributed by atoms with Crippen molar-refractivity contribution in [2.75, 3.05) is 0 Å². The molecule has 0 saturated carbocycles. The van der Waals surface area contributed by atoms with E-state index in [0.29, 0.717) is 0 Å². The molecule has 0 aliphatic carbocycles. The molecular formula is C4H6O11. The highest BCUT2D eigenvalue weighted by atomic mass is 17.5. The van der Waals surface area contributed by atoms with Crippen molar-refractivity contribution in [2.45, 2.75) is 0 Å². The van der Waals surface area contributed by atoms with Crippen molar-refractivity contribution in [3.63, 3.8) is 0 Å². The fourth-order valence-corrected chi connectivity index (χ4v) is 0.150. The Bertz CT molecular complexity index is 227. The summed E-state index contributed by atoms with van der Waals surface area (Å²) in [4.78, 5) is 46.0. The van der Waals surface area contributed by atoms with E-state index < -0.39 is 23.9 Å². The maximum absolute atomic E-state index is 10.0. The molecule has 0 bridgehead atoms. The van der Waals surface area contributed by atoms with E-state index in [1.807, 2.05) is 0 Å². The van der Waals surface area contributed by atoms with Gasteiger partial charge in [-0.15, -0.1) is 0 Å². The Hall–Kier alpha value is -2.24. The third kappa shape index (κ3) is 8.10. The van der Waals surface area contributed by atoms with Crippen LogP contribution >= 0.6 is 0 Å². The number of carboxylic acid groups (broad SMARTS) is 2. The van der Waals surface area contributed by atoms with Gasteiger partial charge in [0.1, 0.15) is 0 Å². The van der Waals surface area contributed by atoms with Crippen LogP contribution in [0.15, 0.2) is 0 Å². The highest BCUT2D eigenvalue weighted by Crippen LogP contribution is 1.85. The molecule has 11 nitrogen and oxygen atoms in total. The lowest BCUT2D eigenvalue weighted by molar-refractivity contribution is -0.456. The van der Waals surface area contributed by atoms with Gasteiger partial charge in [-0.2, -0.15) is 0 Å². The Morgan fingerprint density at radius 2 is 1.00 bits per heavy atom. The first-order valence-electron chi connectivity index (χ1n) is 2.51. The molecule has 0 aliphatic rings. The van der Waals surface area contributed by atoms with E-state index in [1.54, 1.807) is 0 Å². The predicted octanol–water partition coefficient (Wildman–Crippen LogP) is -3.56. The standard InChI is InChI=1S/C4H2O9.2H2O/c5-1(6)3(9)11-13-12-4(10)2(7)8;;/h(H,5,6)(H,7,8);2*1H2. The van der Waals surface area contributed by atoms with Gasteiger partial charge in [-0.1, -0.05) is 0 Å². The molecule has 0 aromatic rings. The minimum Gasteiger partial charge on any atom is -0.473 e. The van der Waals surface area contributed by atoms with Crippen LogP contribution in [0.25, 0.3) is 0 Å². The molecule has 0 aromatic heterocycles. The summed E-state index contributed by atoms with van der Waals surface area (Å²) in [5.74, 6) is -7.71. The molecular weight excluding hydrogens is 224 g/mol. The second-order valence-electron chi connectivity index (χ2n) is 1.42. The smallest absolute Gasteiger partial charge is 0.453 e. The fraction of sp³-hybridized carbons (Fsp3) is 0. The molecule has 88 valence electrons. The van der Waals surface area contributed by atoms with Gasteiger partial charge in [0.05, 0.1) is 0 Å². The summed E-state index contributed by atoms with van der Waals surface area (Å²) >= 11 is 0.